The van der Waals surface area contributed by atoms with Crippen molar-refractivity contribution in [1.82, 2.24) is 4.90 Å². The molecule has 1 aromatic rings. The molecule has 3 nitrogen and oxygen atoms in total. The first-order valence-electron chi connectivity index (χ1n) is 5.95. The first-order chi connectivity index (χ1) is 8.00. The highest BCUT2D eigenvalue weighted by Crippen LogP contribution is 2.17. The molecular weight excluding hydrogens is 214 g/mol. The van der Waals surface area contributed by atoms with Crippen molar-refractivity contribution in [2.45, 2.75) is 20.4 Å². The fourth-order valence-electron chi connectivity index (χ4n) is 1.94. The molecule has 96 valence electrons. The third kappa shape index (κ3) is 4.11. The fourth-order valence-corrected chi connectivity index (χ4v) is 1.94. The van der Waals surface area contributed by atoms with Crippen LogP contribution < -0.4 is 0 Å². The smallest absolute Gasteiger partial charge is 0.0519 e. The highest BCUT2D eigenvalue weighted by Gasteiger charge is 2.24. The normalized spacial score (nSPS) is 12.1. The Balaban J connectivity index is 2.61. The number of benzene rings is 1. The van der Waals surface area contributed by atoms with E-state index in [9.17, 15) is 10.2 Å². The van der Waals surface area contributed by atoms with Gasteiger partial charge in [-0.1, -0.05) is 31.2 Å². The average Bonchev–Trinajstić information content (AvgIpc) is 2.32. The molecule has 0 spiro atoms. The van der Waals surface area contributed by atoms with Crippen molar-refractivity contribution in [3.63, 3.8) is 0 Å². The van der Waals surface area contributed by atoms with Crippen LogP contribution in [0.1, 0.15) is 18.1 Å². The van der Waals surface area contributed by atoms with E-state index < -0.39 is 5.41 Å². The summed E-state index contributed by atoms with van der Waals surface area (Å²) in [6, 6.07) is 8.28. The molecule has 0 atom stereocenters. The quantitative estimate of drug-likeness (QED) is 0.786. The summed E-state index contributed by atoms with van der Waals surface area (Å²) < 4.78 is 0. The summed E-state index contributed by atoms with van der Waals surface area (Å²) in [5.41, 5.74) is 2.12. The molecule has 0 aromatic heterocycles. The van der Waals surface area contributed by atoms with Gasteiger partial charge in [0.2, 0.25) is 0 Å². The summed E-state index contributed by atoms with van der Waals surface area (Å²) in [5, 5.41) is 18.5. The SMILES string of the molecule is Cc1ccccc1CN(C)CC(C)(CO)CO. The molecule has 17 heavy (non-hydrogen) atoms. The van der Waals surface area contributed by atoms with Gasteiger partial charge in [0.1, 0.15) is 0 Å². The lowest BCUT2D eigenvalue weighted by atomic mass is 9.92. The van der Waals surface area contributed by atoms with Crippen LogP contribution >= 0.6 is 0 Å². The Labute approximate surface area is 104 Å². The van der Waals surface area contributed by atoms with E-state index in [0.29, 0.717) is 6.54 Å². The van der Waals surface area contributed by atoms with Crippen molar-refractivity contribution in [3.05, 3.63) is 35.4 Å². The topological polar surface area (TPSA) is 43.7 Å². The van der Waals surface area contributed by atoms with Gasteiger partial charge in [-0.3, -0.25) is 0 Å². The molecule has 0 bridgehead atoms. The fraction of sp³-hybridized carbons (Fsp3) is 0.571. The molecule has 0 radical (unpaired) electrons. The van der Waals surface area contributed by atoms with E-state index in [1.165, 1.54) is 11.1 Å². The number of hydrogen-bond donors (Lipinski definition) is 2. The number of hydrogen-bond acceptors (Lipinski definition) is 3. The molecule has 0 saturated heterocycles. The number of rotatable bonds is 6. The predicted molar refractivity (Wildman–Crippen MR) is 69.8 cm³/mol. The summed E-state index contributed by atoms with van der Waals surface area (Å²) >= 11 is 0. The van der Waals surface area contributed by atoms with E-state index in [2.05, 4.69) is 24.0 Å². The van der Waals surface area contributed by atoms with Crippen LogP contribution in [-0.4, -0.2) is 41.9 Å². The summed E-state index contributed by atoms with van der Waals surface area (Å²) in [6.07, 6.45) is 0. The van der Waals surface area contributed by atoms with E-state index in [4.69, 9.17) is 0 Å². The number of aliphatic hydroxyl groups is 2. The Kier molecular flexibility index (Phi) is 5.12. The minimum Gasteiger partial charge on any atom is -0.396 e. The Bertz CT molecular complexity index is 348. The zero-order valence-electron chi connectivity index (χ0n) is 11.0. The monoisotopic (exact) mass is 237 g/mol. The summed E-state index contributed by atoms with van der Waals surface area (Å²) in [6.45, 7) is 5.50. The highest BCUT2D eigenvalue weighted by atomic mass is 16.3. The van der Waals surface area contributed by atoms with Crippen LogP contribution in [0.15, 0.2) is 24.3 Å². The first kappa shape index (κ1) is 14.2. The molecule has 2 N–H and O–H groups in total. The molecule has 0 fully saturated rings. The predicted octanol–water partition coefficient (Wildman–Crippen LogP) is 1.42. The zero-order valence-corrected chi connectivity index (χ0v) is 11.0. The molecule has 0 amide bonds. The largest absolute Gasteiger partial charge is 0.396 e. The number of aliphatic hydroxyl groups excluding tert-OH is 2. The van der Waals surface area contributed by atoms with E-state index in [1.807, 2.05) is 26.1 Å². The molecule has 0 heterocycles. The number of aryl methyl sites for hydroxylation is 1. The van der Waals surface area contributed by atoms with Crippen molar-refractivity contribution in [2.24, 2.45) is 5.41 Å². The molecule has 0 saturated carbocycles. The van der Waals surface area contributed by atoms with Crippen molar-refractivity contribution in [2.75, 3.05) is 26.8 Å². The third-order valence-corrected chi connectivity index (χ3v) is 3.12. The molecule has 0 unspecified atom stereocenters. The van der Waals surface area contributed by atoms with E-state index in [1.54, 1.807) is 0 Å². The van der Waals surface area contributed by atoms with E-state index in [0.717, 1.165) is 6.54 Å². The van der Waals surface area contributed by atoms with Crippen LogP contribution in [0.5, 0.6) is 0 Å². The lowest BCUT2D eigenvalue weighted by Gasteiger charge is -2.30. The Morgan fingerprint density at radius 3 is 2.29 bits per heavy atom. The maximum atomic E-state index is 9.27. The zero-order chi connectivity index (χ0) is 12.9. The molecule has 0 aliphatic carbocycles. The Morgan fingerprint density at radius 1 is 1.18 bits per heavy atom. The van der Waals surface area contributed by atoms with Gasteiger partial charge in [-0.25, -0.2) is 0 Å². The highest BCUT2D eigenvalue weighted by molar-refractivity contribution is 5.25. The summed E-state index contributed by atoms with van der Waals surface area (Å²) in [7, 11) is 2.01. The van der Waals surface area contributed by atoms with Gasteiger partial charge in [-0.2, -0.15) is 0 Å². The molecular formula is C14H23NO2. The average molecular weight is 237 g/mol. The van der Waals surface area contributed by atoms with Crippen molar-refractivity contribution < 1.29 is 10.2 Å². The van der Waals surface area contributed by atoms with Crippen LogP contribution in [-0.2, 0) is 6.54 Å². The summed E-state index contributed by atoms with van der Waals surface area (Å²) in [5.74, 6) is 0. The molecule has 3 heteroatoms. The standard InChI is InChI=1S/C14H23NO2/c1-12-6-4-5-7-13(12)8-15(3)9-14(2,10-16)11-17/h4-7,16-17H,8-11H2,1-3H3. The Morgan fingerprint density at radius 2 is 1.76 bits per heavy atom. The second kappa shape index (κ2) is 6.15. The molecule has 1 rings (SSSR count). The van der Waals surface area contributed by atoms with Crippen LogP contribution in [0, 0.1) is 12.3 Å². The minimum absolute atomic E-state index is 0.00160. The maximum Gasteiger partial charge on any atom is 0.0519 e. The minimum atomic E-state index is -0.433. The van der Waals surface area contributed by atoms with Crippen molar-refractivity contribution in [3.8, 4) is 0 Å². The van der Waals surface area contributed by atoms with Crippen LogP contribution in [0.25, 0.3) is 0 Å². The van der Waals surface area contributed by atoms with Gasteiger partial charge in [-0.05, 0) is 25.1 Å². The molecule has 0 aliphatic heterocycles. The second-order valence-electron chi connectivity index (χ2n) is 5.23. The lowest BCUT2D eigenvalue weighted by molar-refractivity contribution is 0.0401. The third-order valence-electron chi connectivity index (χ3n) is 3.12. The van der Waals surface area contributed by atoms with E-state index in [-0.39, 0.29) is 13.2 Å². The van der Waals surface area contributed by atoms with Gasteiger partial charge in [0.15, 0.2) is 0 Å². The maximum absolute atomic E-state index is 9.27. The van der Waals surface area contributed by atoms with Gasteiger partial charge >= 0.3 is 0 Å². The summed E-state index contributed by atoms with van der Waals surface area (Å²) in [4.78, 5) is 2.13. The van der Waals surface area contributed by atoms with Crippen molar-refractivity contribution in [1.29, 1.82) is 0 Å². The van der Waals surface area contributed by atoms with Crippen LogP contribution in [0.4, 0.5) is 0 Å². The molecule has 0 aliphatic rings. The van der Waals surface area contributed by atoms with Crippen molar-refractivity contribution >= 4 is 0 Å². The lowest BCUT2D eigenvalue weighted by Crippen LogP contribution is -2.38. The first-order valence-corrected chi connectivity index (χ1v) is 5.95. The van der Waals surface area contributed by atoms with Crippen LogP contribution in [0.3, 0.4) is 0 Å². The second-order valence-corrected chi connectivity index (χ2v) is 5.23. The van der Waals surface area contributed by atoms with E-state index >= 15 is 0 Å². The van der Waals surface area contributed by atoms with Crippen LogP contribution in [0.2, 0.25) is 0 Å². The Hall–Kier alpha value is -0.900. The van der Waals surface area contributed by atoms with Gasteiger partial charge in [0.05, 0.1) is 13.2 Å². The van der Waals surface area contributed by atoms with Gasteiger partial charge < -0.3 is 15.1 Å². The van der Waals surface area contributed by atoms with Gasteiger partial charge in [-0.15, -0.1) is 0 Å². The van der Waals surface area contributed by atoms with Gasteiger partial charge in [0.25, 0.3) is 0 Å². The molecule has 1 aromatic carbocycles. The number of nitrogens with zero attached hydrogens (tertiary/aromatic N) is 1. The van der Waals surface area contributed by atoms with Gasteiger partial charge in [0, 0.05) is 18.5 Å².